The number of nitrogens with zero attached hydrogens (tertiary/aromatic N) is 3. The Bertz CT molecular complexity index is 1000. The number of ether oxygens (including phenoxy) is 1. The minimum Gasteiger partial charge on any atom is -0.448 e. The molecule has 1 aromatic heterocycles. The molecule has 0 bridgehead atoms. The second-order valence-electron chi connectivity index (χ2n) is 6.30. The number of unbranched alkanes of at least 4 members (excludes halogenated alkanes) is 1. The van der Waals surface area contributed by atoms with E-state index in [9.17, 15) is 0 Å². The van der Waals surface area contributed by atoms with Gasteiger partial charge >= 0.3 is 0 Å². The zero-order chi connectivity index (χ0) is 19.5. The van der Waals surface area contributed by atoms with Gasteiger partial charge in [0.15, 0.2) is 11.9 Å². The quantitative estimate of drug-likeness (QED) is 0.380. The highest BCUT2D eigenvalue weighted by atomic mass is 35.5. The molecule has 144 valence electrons. The highest BCUT2D eigenvalue weighted by molar-refractivity contribution is 7.99. The predicted molar refractivity (Wildman–Crippen MR) is 114 cm³/mol. The molecule has 1 atom stereocenters. The van der Waals surface area contributed by atoms with E-state index in [4.69, 9.17) is 27.9 Å². The van der Waals surface area contributed by atoms with Gasteiger partial charge in [0.1, 0.15) is 0 Å². The summed E-state index contributed by atoms with van der Waals surface area (Å²) in [5.41, 5.74) is 3.14. The van der Waals surface area contributed by atoms with Gasteiger partial charge in [-0.1, -0.05) is 72.6 Å². The second-order valence-corrected chi connectivity index (χ2v) is 8.21. The molecular formula is C20H18Cl2N4OS. The number of benzene rings is 2. The van der Waals surface area contributed by atoms with Crippen molar-refractivity contribution in [3.63, 3.8) is 0 Å². The van der Waals surface area contributed by atoms with Crippen LogP contribution in [-0.2, 0) is 0 Å². The predicted octanol–water partition coefficient (Wildman–Crippen LogP) is 6.24. The minimum atomic E-state index is -0.530. The van der Waals surface area contributed by atoms with Gasteiger partial charge < -0.3 is 10.1 Å². The number of thioether (sulfide) groups is 1. The molecule has 0 fully saturated rings. The van der Waals surface area contributed by atoms with Crippen molar-refractivity contribution in [3.8, 4) is 17.1 Å². The third kappa shape index (κ3) is 4.04. The standard InChI is InChI=1S/C20H18Cl2N4OS/c1-2-3-10-28-20-24-19-17(25-26-20)14-6-4-5-7-16(14)23-18(27-19)13-9-8-12(21)11-15(13)22/h4-9,11,18,23H,2-3,10H2,1H3/t18-/m1/s1. The van der Waals surface area contributed by atoms with E-state index >= 15 is 0 Å². The monoisotopic (exact) mass is 432 g/mol. The van der Waals surface area contributed by atoms with E-state index in [0.717, 1.165) is 35.4 Å². The topological polar surface area (TPSA) is 59.9 Å². The van der Waals surface area contributed by atoms with Gasteiger partial charge in [0.2, 0.25) is 11.0 Å². The van der Waals surface area contributed by atoms with Crippen molar-refractivity contribution in [2.45, 2.75) is 31.1 Å². The second kappa shape index (κ2) is 8.55. The summed E-state index contributed by atoms with van der Waals surface area (Å²) in [5, 5.41) is 13.8. The molecule has 1 aliphatic heterocycles. The molecule has 5 nitrogen and oxygen atoms in total. The number of hydrogen-bond acceptors (Lipinski definition) is 6. The van der Waals surface area contributed by atoms with Gasteiger partial charge in [0, 0.05) is 27.6 Å². The van der Waals surface area contributed by atoms with Crippen LogP contribution in [0.15, 0.2) is 47.6 Å². The van der Waals surface area contributed by atoms with Crippen molar-refractivity contribution in [3.05, 3.63) is 58.1 Å². The summed E-state index contributed by atoms with van der Waals surface area (Å²) in [6.45, 7) is 2.16. The van der Waals surface area contributed by atoms with Crippen LogP contribution in [0.3, 0.4) is 0 Å². The van der Waals surface area contributed by atoms with E-state index in [1.807, 2.05) is 30.3 Å². The van der Waals surface area contributed by atoms with Crippen LogP contribution in [0.4, 0.5) is 5.69 Å². The third-order valence-corrected chi connectivity index (χ3v) is 5.79. The van der Waals surface area contributed by atoms with Gasteiger partial charge in [-0.15, -0.1) is 10.2 Å². The summed E-state index contributed by atoms with van der Waals surface area (Å²) in [4.78, 5) is 4.62. The fourth-order valence-electron chi connectivity index (χ4n) is 2.87. The van der Waals surface area contributed by atoms with Crippen LogP contribution in [0.25, 0.3) is 11.3 Å². The van der Waals surface area contributed by atoms with Gasteiger partial charge in [-0.25, -0.2) is 0 Å². The van der Waals surface area contributed by atoms with Crippen molar-refractivity contribution >= 4 is 40.7 Å². The maximum absolute atomic E-state index is 6.43. The fraction of sp³-hybridized carbons (Fsp3) is 0.250. The number of aromatic nitrogens is 3. The first kappa shape index (κ1) is 19.3. The normalized spacial score (nSPS) is 15.0. The summed E-state index contributed by atoms with van der Waals surface area (Å²) < 4.78 is 6.23. The molecule has 28 heavy (non-hydrogen) atoms. The zero-order valence-electron chi connectivity index (χ0n) is 15.2. The first-order valence-electron chi connectivity index (χ1n) is 9.00. The van der Waals surface area contributed by atoms with E-state index < -0.39 is 6.23 Å². The molecule has 0 aliphatic carbocycles. The van der Waals surface area contributed by atoms with Crippen LogP contribution in [0.1, 0.15) is 31.6 Å². The molecule has 0 amide bonds. The van der Waals surface area contributed by atoms with Crippen LogP contribution in [-0.4, -0.2) is 20.9 Å². The molecule has 4 rings (SSSR count). The van der Waals surface area contributed by atoms with E-state index in [0.29, 0.717) is 26.8 Å². The van der Waals surface area contributed by atoms with E-state index in [-0.39, 0.29) is 0 Å². The van der Waals surface area contributed by atoms with Crippen molar-refractivity contribution in [1.29, 1.82) is 0 Å². The van der Waals surface area contributed by atoms with E-state index in [1.165, 1.54) is 0 Å². The minimum absolute atomic E-state index is 0.433. The number of hydrogen-bond donors (Lipinski definition) is 1. The molecule has 2 heterocycles. The SMILES string of the molecule is CCCCSc1nnc2c(n1)O[C@H](c1ccc(Cl)cc1Cl)Nc1ccccc1-2. The first-order valence-corrected chi connectivity index (χ1v) is 10.7. The fourth-order valence-corrected chi connectivity index (χ4v) is 4.24. The molecule has 3 aromatic rings. The Labute approximate surface area is 177 Å². The third-order valence-electron chi connectivity index (χ3n) is 4.31. The van der Waals surface area contributed by atoms with Crippen LogP contribution < -0.4 is 10.1 Å². The molecule has 1 aliphatic rings. The molecule has 1 N–H and O–H groups in total. The van der Waals surface area contributed by atoms with Gasteiger partial charge in [0.05, 0.1) is 5.02 Å². The summed E-state index contributed by atoms with van der Waals surface area (Å²) in [6, 6.07) is 13.2. The number of halogens is 2. The van der Waals surface area contributed by atoms with Crippen molar-refractivity contribution in [1.82, 2.24) is 15.2 Å². The van der Waals surface area contributed by atoms with Crippen LogP contribution in [0, 0.1) is 0 Å². The number of fused-ring (bicyclic) bond motifs is 3. The van der Waals surface area contributed by atoms with Crippen LogP contribution in [0.5, 0.6) is 5.88 Å². The van der Waals surface area contributed by atoms with Gasteiger partial charge in [0.25, 0.3) is 0 Å². The Morgan fingerprint density at radius 3 is 2.82 bits per heavy atom. The number of para-hydroxylation sites is 1. The lowest BCUT2D eigenvalue weighted by Gasteiger charge is -2.20. The van der Waals surface area contributed by atoms with E-state index in [1.54, 1.807) is 23.9 Å². The Hall–Kier alpha value is -2.02. The highest BCUT2D eigenvalue weighted by Gasteiger charge is 2.27. The van der Waals surface area contributed by atoms with Gasteiger partial charge in [-0.05, 0) is 24.6 Å². The van der Waals surface area contributed by atoms with Crippen molar-refractivity contribution in [2.24, 2.45) is 0 Å². The smallest absolute Gasteiger partial charge is 0.247 e. The summed E-state index contributed by atoms with van der Waals surface area (Å²) >= 11 is 14.1. The Morgan fingerprint density at radius 2 is 2.00 bits per heavy atom. The zero-order valence-corrected chi connectivity index (χ0v) is 17.5. The average molecular weight is 433 g/mol. The average Bonchev–Trinajstić information content (AvgIpc) is 2.84. The highest BCUT2D eigenvalue weighted by Crippen LogP contribution is 2.40. The molecule has 0 spiro atoms. The number of rotatable bonds is 5. The molecule has 0 radical (unpaired) electrons. The lowest BCUT2D eigenvalue weighted by molar-refractivity contribution is 0.225. The first-order chi connectivity index (χ1) is 13.7. The molecule has 0 unspecified atom stereocenters. The van der Waals surface area contributed by atoms with Crippen LogP contribution in [0.2, 0.25) is 10.0 Å². The van der Waals surface area contributed by atoms with E-state index in [2.05, 4.69) is 27.4 Å². The molecule has 0 saturated heterocycles. The molecular weight excluding hydrogens is 415 g/mol. The number of anilines is 1. The van der Waals surface area contributed by atoms with Gasteiger partial charge in [-0.3, -0.25) is 0 Å². The largest absolute Gasteiger partial charge is 0.448 e. The Kier molecular flexibility index (Phi) is 5.90. The number of nitrogens with one attached hydrogen (secondary N) is 1. The Balaban J connectivity index is 1.76. The van der Waals surface area contributed by atoms with Crippen LogP contribution >= 0.6 is 35.0 Å². The lowest BCUT2D eigenvalue weighted by Crippen LogP contribution is -2.17. The maximum Gasteiger partial charge on any atom is 0.247 e. The summed E-state index contributed by atoms with van der Waals surface area (Å²) in [7, 11) is 0. The van der Waals surface area contributed by atoms with Crippen molar-refractivity contribution < 1.29 is 4.74 Å². The summed E-state index contributed by atoms with van der Waals surface area (Å²) in [5.74, 6) is 1.38. The molecule has 0 saturated carbocycles. The molecule has 2 aromatic carbocycles. The lowest BCUT2D eigenvalue weighted by atomic mass is 10.1. The Morgan fingerprint density at radius 1 is 1.14 bits per heavy atom. The molecule has 8 heteroatoms. The van der Waals surface area contributed by atoms with Gasteiger partial charge in [-0.2, -0.15) is 4.98 Å². The maximum atomic E-state index is 6.43. The summed E-state index contributed by atoms with van der Waals surface area (Å²) in [6.07, 6.45) is 1.69. The van der Waals surface area contributed by atoms with Crippen molar-refractivity contribution in [2.75, 3.05) is 11.1 Å².